The van der Waals surface area contributed by atoms with Gasteiger partial charge in [-0.2, -0.15) is 0 Å². The minimum absolute atomic E-state index is 0.0735. The lowest BCUT2D eigenvalue weighted by Crippen LogP contribution is -2.39. The summed E-state index contributed by atoms with van der Waals surface area (Å²) in [5.74, 6) is 0. The van der Waals surface area contributed by atoms with Gasteiger partial charge in [0, 0.05) is 49.9 Å². The number of hydrogen-bond acceptors (Lipinski definition) is 2. The number of benzene rings is 3. The number of aromatic amines is 2. The number of H-pyrrole nitrogens is 2. The summed E-state index contributed by atoms with van der Waals surface area (Å²) in [5, 5.41) is 1.54. The number of hydrogen-bond donors (Lipinski definition) is 2. The molecule has 0 amide bonds. The number of nitrogens with zero attached hydrogens (tertiary/aromatic N) is 2. The topological polar surface area (TPSA) is 57.4 Å². The van der Waals surface area contributed by atoms with Crippen LogP contribution in [0.25, 0.3) is 85.3 Å². The van der Waals surface area contributed by atoms with Crippen LogP contribution in [0.2, 0.25) is 18.1 Å². The van der Waals surface area contributed by atoms with Gasteiger partial charge in [-0.25, -0.2) is 9.97 Å². The summed E-state index contributed by atoms with van der Waals surface area (Å²) in [6, 6.07) is 31.0. The molecule has 0 unspecified atom stereocenters. The third kappa shape index (κ3) is 10.1. The molecule has 5 heterocycles. The van der Waals surface area contributed by atoms with Crippen molar-refractivity contribution in [1.29, 1.82) is 0 Å². The molecule has 0 spiro atoms. The van der Waals surface area contributed by atoms with Gasteiger partial charge in [-0.1, -0.05) is 219 Å². The Morgan fingerprint density at radius 3 is 0.987 bits per heavy atom. The van der Waals surface area contributed by atoms with Crippen LogP contribution in [0.15, 0.2) is 84.1 Å². The van der Waals surface area contributed by atoms with Gasteiger partial charge in [0.1, 0.15) is 0 Å². The number of fused-ring (bicyclic) bond motifs is 8. The predicted molar refractivity (Wildman–Crippen MR) is 331 cm³/mol. The first-order valence-electron chi connectivity index (χ1n) is 27.7. The van der Waals surface area contributed by atoms with E-state index in [-0.39, 0.29) is 37.5 Å². The molecule has 8 bridgehead atoms. The highest BCUT2D eigenvalue weighted by molar-refractivity contribution is 6.90. The molecule has 5 heteroatoms. The quantitative estimate of drug-likeness (QED) is 0.173. The maximum Gasteiger partial charge on any atom is 0.0868 e. The fourth-order valence-electron chi connectivity index (χ4n) is 10.6. The maximum atomic E-state index is 5.89. The van der Waals surface area contributed by atoms with Crippen molar-refractivity contribution < 1.29 is 0 Å². The lowest BCUT2D eigenvalue weighted by Gasteiger charge is -2.38. The fraction of sp³-hybridized carbons (Fsp3) is 0.429. The molecule has 3 aliphatic rings. The van der Waals surface area contributed by atoms with Gasteiger partial charge in [0.25, 0.3) is 0 Å². The lowest BCUT2D eigenvalue weighted by molar-refractivity contribution is 0.568. The van der Waals surface area contributed by atoms with E-state index in [1.165, 1.54) is 49.7 Å². The van der Waals surface area contributed by atoms with Gasteiger partial charge in [-0.05, 0) is 135 Å². The molecule has 75 heavy (non-hydrogen) atoms. The summed E-state index contributed by atoms with van der Waals surface area (Å²) in [6.07, 6.45) is 9.46. The molecule has 2 N–H and O–H groups in total. The van der Waals surface area contributed by atoms with E-state index in [1.54, 1.807) is 0 Å². The Hall–Kier alpha value is -5.78. The first-order valence-corrected chi connectivity index (χ1v) is 30.7. The smallest absolute Gasteiger partial charge is 0.0868 e. The molecule has 0 saturated carbocycles. The molecule has 392 valence electrons. The van der Waals surface area contributed by atoms with Crippen molar-refractivity contribution in [2.75, 3.05) is 0 Å². The summed E-state index contributed by atoms with van der Waals surface area (Å²) in [5.41, 5.74) is 24.6. The van der Waals surface area contributed by atoms with E-state index in [1.807, 2.05) is 0 Å². The number of rotatable bonds is 4. The van der Waals surface area contributed by atoms with Crippen LogP contribution in [0.4, 0.5) is 0 Å². The van der Waals surface area contributed by atoms with Crippen LogP contribution in [0.3, 0.4) is 0 Å². The van der Waals surface area contributed by atoms with Crippen LogP contribution >= 0.6 is 0 Å². The molecule has 2 aliphatic heterocycles. The zero-order chi connectivity index (χ0) is 55.1. The molecule has 4 nitrogen and oxygen atoms in total. The molecule has 0 radical (unpaired) electrons. The molecule has 3 aromatic heterocycles. The van der Waals surface area contributed by atoms with E-state index < -0.39 is 8.07 Å². The Kier molecular flexibility index (Phi) is 12.7. The van der Waals surface area contributed by atoms with Gasteiger partial charge in [-0.3, -0.25) is 0 Å². The zero-order valence-corrected chi connectivity index (χ0v) is 51.2. The van der Waals surface area contributed by atoms with E-state index in [9.17, 15) is 0 Å². The molecular formula is C70H88N4Si. The highest BCUT2D eigenvalue weighted by Crippen LogP contribution is 2.52. The fourth-order valence-corrected chi connectivity index (χ4v) is 12.8. The number of allylic oxidation sites excluding steroid dienone is 2. The second kappa shape index (κ2) is 17.6. The van der Waals surface area contributed by atoms with E-state index in [2.05, 4.69) is 272 Å². The van der Waals surface area contributed by atoms with Crippen LogP contribution in [0.1, 0.15) is 207 Å². The normalized spacial score (nSPS) is 14.7. The van der Waals surface area contributed by atoms with Gasteiger partial charge in [0.05, 0.1) is 30.8 Å². The summed E-state index contributed by atoms with van der Waals surface area (Å²) in [4.78, 5) is 20.0. The Morgan fingerprint density at radius 1 is 0.360 bits per heavy atom. The minimum Gasteiger partial charge on any atom is -0.354 e. The van der Waals surface area contributed by atoms with Crippen molar-refractivity contribution in [2.45, 2.75) is 196 Å². The number of nitrogens with one attached hydrogen (secondary N) is 2. The molecule has 3 aromatic carbocycles. The van der Waals surface area contributed by atoms with E-state index >= 15 is 0 Å². The van der Waals surface area contributed by atoms with Gasteiger partial charge in [0.2, 0.25) is 0 Å². The largest absolute Gasteiger partial charge is 0.354 e. The predicted octanol–water partition coefficient (Wildman–Crippen LogP) is 20.3. The Balaban J connectivity index is 1.54. The lowest BCUT2D eigenvalue weighted by atomic mass is 9.78. The Bertz CT molecular complexity index is 3480. The van der Waals surface area contributed by atoms with Crippen molar-refractivity contribution in [2.24, 2.45) is 0 Å². The van der Waals surface area contributed by atoms with Gasteiger partial charge < -0.3 is 9.97 Å². The SMILES string of the molecule is CC(C)(C)c1cc(-c2c3nc(c(-c4cc(C(C)(C)C)cc(C(C)(C)C)c4)c4ccc([nH]4)c(-c4cc(C(C)(C)C)cc(C(C)(C)C)c4)c4nc5c(c6ccc2[nH]6)C=C([Si](C)(C)C(C)(C)C)C5=C4)C=C3)cc(C(C)(C)C)c1. The van der Waals surface area contributed by atoms with Crippen molar-refractivity contribution in [3.05, 3.63) is 146 Å². The van der Waals surface area contributed by atoms with Crippen molar-refractivity contribution in [3.8, 4) is 33.4 Å². The minimum atomic E-state index is -2.13. The first kappa shape index (κ1) is 54.0. The summed E-state index contributed by atoms with van der Waals surface area (Å²) >= 11 is 0. The summed E-state index contributed by atoms with van der Waals surface area (Å²) in [6.45, 7) is 54.3. The van der Waals surface area contributed by atoms with Gasteiger partial charge in [0.15, 0.2) is 0 Å². The molecule has 0 saturated heterocycles. The molecule has 9 rings (SSSR count). The van der Waals surface area contributed by atoms with Crippen LogP contribution < -0.4 is 0 Å². The zero-order valence-electron chi connectivity index (χ0n) is 50.2. The maximum absolute atomic E-state index is 5.89. The van der Waals surface area contributed by atoms with E-state index in [0.29, 0.717) is 0 Å². The van der Waals surface area contributed by atoms with Gasteiger partial charge in [-0.15, -0.1) is 0 Å². The van der Waals surface area contributed by atoms with Crippen LogP contribution in [-0.4, -0.2) is 28.0 Å². The monoisotopic (exact) mass is 1010 g/mol. The second-order valence-corrected chi connectivity index (χ2v) is 35.3. The summed E-state index contributed by atoms with van der Waals surface area (Å²) in [7, 11) is -2.13. The average Bonchev–Trinajstić information content (AvgIpc) is 4.13. The number of aromatic nitrogens is 4. The Labute approximate surface area is 452 Å². The van der Waals surface area contributed by atoms with Crippen molar-refractivity contribution >= 4 is 60.0 Å². The van der Waals surface area contributed by atoms with Crippen LogP contribution in [0, 0.1) is 0 Å². The van der Waals surface area contributed by atoms with E-state index in [0.717, 1.165) is 78.2 Å². The van der Waals surface area contributed by atoms with Crippen molar-refractivity contribution in [1.82, 2.24) is 19.9 Å². The van der Waals surface area contributed by atoms with Crippen LogP contribution in [-0.2, 0) is 32.5 Å². The second-order valence-electron chi connectivity index (χ2n) is 30.1. The highest BCUT2D eigenvalue weighted by atomic mass is 28.3. The molecule has 1 aliphatic carbocycles. The molecular weight excluding hydrogens is 925 g/mol. The van der Waals surface area contributed by atoms with Gasteiger partial charge >= 0.3 is 0 Å². The Morgan fingerprint density at radius 2 is 0.667 bits per heavy atom. The third-order valence-electron chi connectivity index (χ3n) is 16.9. The highest BCUT2D eigenvalue weighted by Gasteiger charge is 2.44. The van der Waals surface area contributed by atoms with Crippen molar-refractivity contribution in [3.63, 3.8) is 0 Å². The molecule has 0 fully saturated rings. The standard InChI is InChI=1S/C70H88N4Si/c1-64(2,3)44-30-41(31-45(36-44)65(4,5)6)60-53-25-24-52(71-53)50-40-59(75(22,23)70(19,20)21)51-39-58(74-63(50)51)62(43-34-48(68(13,14)15)38-49(35-43)69(16,17)18)57-29-28-56(73-57)61(55-27-26-54(60)72-55)42-32-46(66(7,8)9)37-47(33-42)67(10,11)12/h24-40,71,73H,1-23H3. The first-order chi connectivity index (χ1) is 34.3. The summed E-state index contributed by atoms with van der Waals surface area (Å²) < 4.78 is 0. The molecule has 0 atom stereocenters. The van der Waals surface area contributed by atoms with E-state index in [4.69, 9.17) is 9.97 Å². The average molecular weight is 1010 g/mol. The molecule has 6 aromatic rings. The van der Waals surface area contributed by atoms with Crippen LogP contribution in [0.5, 0.6) is 0 Å². The third-order valence-corrected chi connectivity index (χ3v) is 22.4.